The molecule has 1 saturated carbocycles. The summed E-state index contributed by atoms with van der Waals surface area (Å²) < 4.78 is 9.92. The lowest BCUT2D eigenvalue weighted by atomic mass is 9.52. The molecule has 3 atom stereocenters. The summed E-state index contributed by atoms with van der Waals surface area (Å²) in [4.78, 5) is 14.8. The second-order valence-corrected chi connectivity index (χ2v) is 11.6. The molecule has 2 bridgehead atoms. The number of carbonyl (C=O) groups is 1. The molecule has 0 aromatic heterocycles. The molecule has 1 heterocycles. The van der Waals surface area contributed by atoms with Crippen molar-refractivity contribution in [3.05, 3.63) is 59.7 Å². The first-order valence-electron chi connectivity index (χ1n) is 11.2. The molecule has 2 fully saturated rings. The molecular weight excluding hydrogens is 469 g/mol. The molecule has 2 aromatic carbocycles. The third-order valence-electron chi connectivity index (χ3n) is 7.38. The fourth-order valence-electron chi connectivity index (χ4n) is 6.13. The van der Waals surface area contributed by atoms with Gasteiger partial charge >= 0.3 is 6.09 Å². The van der Waals surface area contributed by atoms with Crippen molar-refractivity contribution in [2.24, 2.45) is 5.92 Å². The summed E-state index contributed by atoms with van der Waals surface area (Å²) in [6, 6.07) is 16.4. The average Bonchev–Trinajstić information content (AvgIpc) is 2.78. The highest BCUT2D eigenvalue weighted by Crippen LogP contribution is 2.56. The van der Waals surface area contributed by atoms with Crippen LogP contribution in [0.2, 0.25) is 0 Å². The van der Waals surface area contributed by atoms with Crippen molar-refractivity contribution in [2.75, 3.05) is 13.2 Å². The average molecular weight is 495 g/mol. The lowest BCUT2D eigenvalue weighted by Gasteiger charge is -2.58. The molecule has 0 radical (unpaired) electrons. The van der Waals surface area contributed by atoms with Crippen LogP contribution in [0, 0.1) is 5.92 Å². The van der Waals surface area contributed by atoms with Crippen LogP contribution in [0.25, 0.3) is 0 Å². The van der Waals surface area contributed by atoms with E-state index in [0.717, 1.165) is 37.2 Å². The van der Waals surface area contributed by atoms with Gasteiger partial charge in [-0.3, -0.25) is 0 Å². The molecule has 1 saturated heterocycles. The number of nitrogens with zero attached hydrogens (tertiary/aromatic N) is 1. The molecule has 0 N–H and O–H groups in total. The number of rotatable bonds is 3. The van der Waals surface area contributed by atoms with E-state index < -0.39 is 3.79 Å². The molecule has 32 heavy (non-hydrogen) atoms. The summed E-state index contributed by atoms with van der Waals surface area (Å²) in [5.41, 5.74) is 2.78. The Morgan fingerprint density at radius 1 is 1.06 bits per heavy atom. The maximum absolute atomic E-state index is 12.9. The van der Waals surface area contributed by atoms with Crippen LogP contribution in [-0.4, -0.2) is 34.0 Å². The van der Waals surface area contributed by atoms with Gasteiger partial charge in [0.1, 0.15) is 18.1 Å². The number of halogens is 3. The molecule has 4 nitrogen and oxygen atoms in total. The number of fused-ring (bicyclic) bond motifs is 1. The first-order valence-corrected chi connectivity index (χ1v) is 12.4. The summed E-state index contributed by atoms with van der Waals surface area (Å²) in [6.07, 6.45) is 6.01. The summed E-state index contributed by atoms with van der Waals surface area (Å²) in [7, 11) is 0. The van der Waals surface area contributed by atoms with E-state index in [9.17, 15) is 4.79 Å². The van der Waals surface area contributed by atoms with Crippen molar-refractivity contribution in [1.29, 1.82) is 0 Å². The maximum Gasteiger partial charge on any atom is 0.410 e. The largest absolute Gasteiger partial charge is 0.457 e. The van der Waals surface area contributed by atoms with Gasteiger partial charge in [-0.2, -0.15) is 0 Å². The topological polar surface area (TPSA) is 38.8 Å². The summed E-state index contributed by atoms with van der Waals surface area (Å²) in [6.45, 7) is 0.412. The van der Waals surface area contributed by atoms with E-state index in [4.69, 9.17) is 44.3 Å². The van der Waals surface area contributed by atoms with Crippen LogP contribution in [0.4, 0.5) is 4.79 Å². The fraction of sp³-hybridized carbons (Fsp3) is 0.480. The van der Waals surface area contributed by atoms with Crippen LogP contribution in [0.3, 0.4) is 0 Å². The quantitative estimate of drug-likeness (QED) is 0.429. The van der Waals surface area contributed by atoms with Crippen LogP contribution in [0.15, 0.2) is 48.5 Å². The fourth-order valence-corrected chi connectivity index (χ4v) is 6.29. The zero-order valence-corrected chi connectivity index (χ0v) is 20.0. The van der Waals surface area contributed by atoms with Crippen LogP contribution < -0.4 is 4.74 Å². The molecule has 1 amide bonds. The van der Waals surface area contributed by atoms with E-state index in [1.54, 1.807) is 0 Å². The van der Waals surface area contributed by atoms with Crippen molar-refractivity contribution in [3.63, 3.8) is 0 Å². The first-order chi connectivity index (χ1) is 15.4. The van der Waals surface area contributed by atoms with E-state index in [-0.39, 0.29) is 24.2 Å². The zero-order valence-electron chi connectivity index (χ0n) is 17.7. The van der Waals surface area contributed by atoms with E-state index in [0.29, 0.717) is 12.5 Å². The summed E-state index contributed by atoms with van der Waals surface area (Å²) in [5.74, 6) is 2.12. The van der Waals surface area contributed by atoms with Gasteiger partial charge in [-0.25, -0.2) is 4.79 Å². The predicted molar refractivity (Wildman–Crippen MR) is 127 cm³/mol. The second-order valence-electron chi connectivity index (χ2n) is 9.13. The Hall–Kier alpha value is -1.62. The van der Waals surface area contributed by atoms with Crippen molar-refractivity contribution in [1.82, 2.24) is 4.90 Å². The smallest absolute Gasteiger partial charge is 0.410 e. The molecular formula is C25H26Cl3NO3. The molecule has 2 aliphatic carbocycles. The number of para-hydroxylation sites is 1. The van der Waals surface area contributed by atoms with Crippen molar-refractivity contribution in [3.8, 4) is 11.5 Å². The molecule has 170 valence electrons. The highest BCUT2D eigenvalue weighted by molar-refractivity contribution is 6.67. The highest BCUT2D eigenvalue weighted by Gasteiger charge is 2.55. The highest BCUT2D eigenvalue weighted by atomic mass is 35.6. The number of alkyl halides is 3. The van der Waals surface area contributed by atoms with Crippen LogP contribution in [0.1, 0.15) is 43.2 Å². The third-order valence-corrected chi connectivity index (χ3v) is 7.71. The number of ether oxygens (including phenoxy) is 2. The van der Waals surface area contributed by atoms with Gasteiger partial charge in [0, 0.05) is 18.0 Å². The summed E-state index contributed by atoms with van der Waals surface area (Å²) >= 11 is 17.4. The molecule has 3 aliphatic rings. The van der Waals surface area contributed by atoms with Crippen LogP contribution in [-0.2, 0) is 16.6 Å². The van der Waals surface area contributed by atoms with Crippen LogP contribution >= 0.6 is 34.8 Å². The molecule has 7 heteroatoms. The minimum Gasteiger partial charge on any atom is -0.457 e. The standard InChI is InChI=1S/C25H26Cl3NO3/c26-25(27,28)16-31-23(30)29-13-12-24-11-5-4-8-20(24)22(29)14-17-9-10-19(15-21(17)24)32-18-6-2-1-3-7-18/h1-3,6-7,9-10,15,20,22H,4-5,8,11-14,16H2/t20-,22+,24+/m0/s1. The van der Waals surface area contributed by atoms with E-state index in [1.165, 1.54) is 24.0 Å². The third kappa shape index (κ3) is 4.18. The number of carbonyl (C=O) groups excluding carboxylic acids is 1. The monoisotopic (exact) mass is 493 g/mol. The van der Waals surface area contributed by atoms with Gasteiger partial charge in [0.2, 0.25) is 3.79 Å². The van der Waals surface area contributed by atoms with Crippen molar-refractivity contribution in [2.45, 2.75) is 53.8 Å². The Morgan fingerprint density at radius 2 is 1.88 bits per heavy atom. The van der Waals surface area contributed by atoms with E-state index in [1.807, 2.05) is 41.3 Å². The number of likely N-dealkylation sites (tertiary alicyclic amines) is 1. The Balaban J connectivity index is 1.44. The van der Waals surface area contributed by atoms with Gasteiger partial charge in [0.25, 0.3) is 0 Å². The van der Waals surface area contributed by atoms with Gasteiger partial charge in [-0.1, -0.05) is 71.9 Å². The Morgan fingerprint density at radius 3 is 2.66 bits per heavy atom. The Kier molecular flexibility index (Phi) is 5.98. The van der Waals surface area contributed by atoms with E-state index >= 15 is 0 Å². The van der Waals surface area contributed by atoms with Gasteiger partial charge in [0.05, 0.1) is 0 Å². The normalized spacial score (nSPS) is 26.7. The molecule has 2 aromatic rings. The van der Waals surface area contributed by atoms with Gasteiger partial charge in [-0.05, 0) is 67.0 Å². The number of benzene rings is 2. The zero-order chi connectivity index (χ0) is 22.3. The number of amides is 1. The van der Waals surface area contributed by atoms with Gasteiger partial charge in [-0.15, -0.1) is 0 Å². The van der Waals surface area contributed by atoms with Gasteiger partial charge < -0.3 is 14.4 Å². The van der Waals surface area contributed by atoms with Crippen LogP contribution in [0.5, 0.6) is 11.5 Å². The lowest BCUT2D eigenvalue weighted by molar-refractivity contribution is -0.0116. The SMILES string of the molecule is O=C(OCC(Cl)(Cl)Cl)N1CC[C@]23CCCC[C@H]2[C@H]1Cc1ccc(Oc2ccccc2)cc13. The maximum atomic E-state index is 12.9. The minimum atomic E-state index is -1.60. The second kappa shape index (κ2) is 8.62. The molecule has 0 spiro atoms. The molecule has 5 rings (SSSR count). The minimum absolute atomic E-state index is 0.0819. The van der Waals surface area contributed by atoms with Gasteiger partial charge in [0.15, 0.2) is 0 Å². The van der Waals surface area contributed by atoms with Crippen molar-refractivity contribution >= 4 is 40.9 Å². The van der Waals surface area contributed by atoms with Crippen molar-refractivity contribution < 1.29 is 14.3 Å². The lowest BCUT2D eigenvalue weighted by Crippen LogP contribution is -2.62. The summed E-state index contributed by atoms with van der Waals surface area (Å²) in [5, 5.41) is 0. The number of hydrogen-bond acceptors (Lipinski definition) is 3. The Bertz CT molecular complexity index is 994. The number of piperidine rings is 1. The Labute approximate surface area is 203 Å². The molecule has 0 unspecified atom stereocenters. The van der Waals surface area contributed by atoms with E-state index in [2.05, 4.69) is 12.1 Å². The predicted octanol–water partition coefficient (Wildman–Crippen LogP) is 7.04. The molecule has 1 aliphatic heterocycles. The first kappa shape index (κ1) is 22.2. The number of hydrogen-bond donors (Lipinski definition) is 0.